The van der Waals surface area contributed by atoms with Gasteiger partial charge in [0.1, 0.15) is 0 Å². The monoisotopic (exact) mass is 237 g/mol. The van der Waals surface area contributed by atoms with Crippen molar-refractivity contribution in [1.82, 2.24) is 25.2 Å². The van der Waals surface area contributed by atoms with Crippen molar-refractivity contribution in [1.29, 1.82) is 0 Å². The van der Waals surface area contributed by atoms with Gasteiger partial charge < -0.3 is 10.2 Å². The Kier molecular flexibility index (Phi) is 3.73. The van der Waals surface area contributed by atoms with Crippen molar-refractivity contribution in [3.05, 3.63) is 11.9 Å². The predicted octanol–water partition coefficient (Wildman–Crippen LogP) is 0.295. The third-order valence-electron chi connectivity index (χ3n) is 3.19. The molecule has 1 aliphatic heterocycles. The van der Waals surface area contributed by atoms with Gasteiger partial charge in [-0.3, -0.25) is 4.79 Å². The zero-order valence-corrected chi connectivity index (χ0v) is 10.4. The van der Waals surface area contributed by atoms with Gasteiger partial charge >= 0.3 is 0 Å². The molecule has 0 aromatic carbocycles. The van der Waals surface area contributed by atoms with Gasteiger partial charge in [-0.2, -0.15) is 0 Å². The normalized spacial score (nSPS) is 19.5. The van der Waals surface area contributed by atoms with Crippen molar-refractivity contribution in [2.45, 2.75) is 26.3 Å². The molecule has 0 aliphatic carbocycles. The van der Waals surface area contributed by atoms with E-state index in [-0.39, 0.29) is 5.91 Å². The molecule has 0 spiro atoms. The Morgan fingerprint density at radius 2 is 2.35 bits per heavy atom. The average Bonchev–Trinajstić information content (AvgIpc) is 3.01. The molecule has 94 valence electrons. The van der Waals surface area contributed by atoms with Gasteiger partial charge in [0.15, 0.2) is 5.69 Å². The number of nitrogens with zero attached hydrogens (tertiary/aromatic N) is 4. The fourth-order valence-corrected chi connectivity index (χ4v) is 2.09. The van der Waals surface area contributed by atoms with E-state index in [1.165, 1.54) is 0 Å². The molecule has 1 aromatic rings. The molecular formula is C11H19N5O. The Bertz CT molecular complexity index is 379. The largest absolute Gasteiger partial charge is 0.338 e. The summed E-state index contributed by atoms with van der Waals surface area (Å²) in [4.78, 5) is 13.8. The third-order valence-corrected chi connectivity index (χ3v) is 3.19. The predicted molar refractivity (Wildman–Crippen MR) is 63.8 cm³/mol. The number of amides is 1. The zero-order chi connectivity index (χ0) is 12.3. The molecule has 0 radical (unpaired) electrons. The number of hydrogen-bond donors (Lipinski definition) is 1. The van der Waals surface area contributed by atoms with Gasteiger partial charge in [0.25, 0.3) is 5.91 Å². The Morgan fingerprint density at radius 1 is 1.59 bits per heavy atom. The highest BCUT2D eigenvalue weighted by molar-refractivity contribution is 5.91. The summed E-state index contributed by atoms with van der Waals surface area (Å²) < 4.78 is 1.80. The molecule has 2 heterocycles. The molecule has 1 N–H and O–H groups in total. The molecule has 17 heavy (non-hydrogen) atoms. The SMILES string of the molecule is CCN(CC)C(=O)c1cn([C@@H]2CCNC2)nn1. The maximum atomic E-state index is 12.0. The second-order valence-electron chi connectivity index (χ2n) is 4.21. The van der Waals surface area contributed by atoms with Crippen LogP contribution in [0.3, 0.4) is 0 Å². The van der Waals surface area contributed by atoms with Crippen LogP contribution < -0.4 is 5.32 Å². The van der Waals surface area contributed by atoms with E-state index in [4.69, 9.17) is 0 Å². The van der Waals surface area contributed by atoms with Crippen LogP contribution in [0.1, 0.15) is 36.8 Å². The van der Waals surface area contributed by atoms with E-state index < -0.39 is 0 Å². The minimum Gasteiger partial charge on any atom is -0.338 e. The van der Waals surface area contributed by atoms with Crippen LogP contribution in [0.25, 0.3) is 0 Å². The number of carbonyl (C=O) groups is 1. The van der Waals surface area contributed by atoms with Crippen LogP contribution in [0.5, 0.6) is 0 Å². The molecule has 1 aromatic heterocycles. The highest BCUT2D eigenvalue weighted by atomic mass is 16.2. The highest BCUT2D eigenvalue weighted by Crippen LogP contribution is 2.13. The molecule has 1 saturated heterocycles. The van der Waals surface area contributed by atoms with E-state index in [9.17, 15) is 4.79 Å². The maximum Gasteiger partial charge on any atom is 0.276 e. The summed E-state index contributed by atoms with van der Waals surface area (Å²) in [6.45, 7) is 7.24. The van der Waals surface area contributed by atoms with E-state index in [0.717, 1.165) is 19.5 Å². The van der Waals surface area contributed by atoms with E-state index >= 15 is 0 Å². The van der Waals surface area contributed by atoms with Gasteiger partial charge in [0.2, 0.25) is 0 Å². The molecule has 1 fully saturated rings. The number of nitrogens with one attached hydrogen (secondary N) is 1. The standard InChI is InChI=1S/C11H19N5O/c1-3-15(4-2)11(17)10-8-16(14-13-10)9-5-6-12-7-9/h8-9,12H,3-7H2,1-2H3/t9-/m1/s1. The summed E-state index contributed by atoms with van der Waals surface area (Å²) in [5, 5.41) is 11.3. The average molecular weight is 237 g/mol. The topological polar surface area (TPSA) is 63.1 Å². The van der Waals surface area contributed by atoms with Crippen molar-refractivity contribution in [3.8, 4) is 0 Å². The van der Waals surface area contributed by atoms with Crippen molar-refractivity contribution in [2.24, 2.45) is 0 Å². The molecular weight excluding hydrogens is 218 g/mol. The van der Waals surface area contributed by atoms with Gasteiger partial charge in [-0.25, -0.2) is 4.68 Å². The smallest absolute Gasteiger partial charge is 0.276 e. The summed E-state index contributed by atoms with van der Waals surface area (Å²) in [5.41, 5.74) is 0.445. The lowest BCUT2D eigenvalue weighted by Crippen LogP contribution is -2.30. The fraction of sp³-hybridized carbons (Fsp3) is 0.727. The molecule has 6 heteroatoms. The number of carbonyl (C=O) groups excluding carboxylic acids is 1. The van der Waals surface area contributed by atoms with Gasteiger partial charge in [-0.05, 0) is 26.8 Å². The second-order valence-corrected chi connectivity index (χ2v) is 4.21. The number of rotatable bonds is 4. The Labute approximate surface area is 101 Å². The first-order chi connectivity index (χ1) is 8.26. The Morgan fingerprint density at radius 3 is 2.94 bits per heavy atom. The van der Waals surface area contributed by atoms with Crippen LogP contribution in [0.4, 0.5) is 0 Å². The van der Waals surface area contributed by atoms with Gasteiger partial charge in [-0.1, -0.05) is 5.21 Å². The summed E-state index contributed by atoms with van der Waals surface area (Å²) in [6.07, 6.45) is 2.81. The summed E-state index contributed by atoms with van der Waals surface area (Å²) in [7, 11) is 0. The van der Waals surface area contributed by atoms with E-state index in [2.05, 4.69) is 15.6 Å². The molecule has 2 rings (SSSR count). The highest BCUT2D eigenvalue weighted by Gasteiger charge is 2.21. The lowest BCUT2D eigenvalue weighted by molar-refractivity contribution is 0.0767. The van der Waals surface area contributed by atoms with Crippen LogP contribution in [0, 0.1) is 0 Å². The van der Waals surface area contributed by atoms with Gasteiger partial charge in [0, 0.05) is 19.6 Å². The van der Waals surface area contributed by atoms with Gasteiger partial charge in [-0.15, -0.1) is 5.10 Å². The zero-order valence-electron chi connectivity index (χ0n) is 10.4. The van der Waals surface area contributed by atoms with Crippen LogP contribution >= 0.6 is 0 Å². The Hall–Kier alpha value is -1.43. The molecule has 1 aliphatic rings. The van der Waals surface area contributed by atoms with Crippen LogP contribution in [-0.2, 0) is 0 Å². The minimum absolute atomic E-state index is 0.0350. The van der Waals surface area contributed by atoms with Crippen LogP contribution in [-0.4, -0.2) is 52.0 Å². The molecule has 0 bridgehead atoms. The first-order valence-corrected chi connectivity index (χ1v) is 6.18. The summed E-state index contributed by atoms with van der Waals surface area (Å²) in [5.74, 6) is -0.0350. The summed E-state index contributed by atoms with van der Waals surface area (Å²) >= 11 is 0. The van der Waals surface area contributed by atoms with Crippen molar-refractivity contribution in [3.63, 3.8) is 0 Å². The maximum absolute atomic E-state index is 12.0. The molecule has 1 amide bonds. The van der Waals surface area contributed by atoms with E-state index in [1.54, 1.807) is 15.8 Å². The first kappa shape index (κ1) is 12.0. The van der Waals surface area contributed by atoms with Gasteiger partial charge in [0.05, 0.1) is 12.2 Å². The van der Waals surface area contributed by atoms with Crippen LogP contribution in [0.2, 0.25) is 0 Å². The van der Waals surface area contributed by atoms with Crippen molar-refractivity contribution < 1.29 is 4.79 Å². The summed E-state index contributed by atoms with van der Waals surface area (Å²) in [6, 6.07) is 0.334. The second kappa shape index (κ2) is 5.27. The number of aromatic nitrogens is 3. The molecule has 6 nitrogen and oxygen atoms in total. The fourth-order valence-electron chi connectivity index (χ4n) is 2.09. The molecule has 0 unspecified atom stereocenters. The van der Waals surface area contributed by atoms with Crippen molar-refractivity contribution in [2.75, 3.05) is 26.2 Å². The van der Waals surface area contributed by atoms with Crippen molar-refractivity contribution >= 4 is 5.91 Å². The lowest BCUT2D eigenvalue weighted by atomic mass is 10.3. The molecule has 1 atom stereocenters. The lowest BCUT2D eigenvalue weighted by Gasteiger charge is -2.16. The molecule has 0 saturated carbocycles. The Balaban J connectivity index is 2.09. The third kappa shape index (κ3) is 2.46. The quantitative estimate of drug-likeness (QED) is 0.818. The van der Waals surface area contributed by atoms with E-state index in [0.29, 0.717) is 24.8 Å². The minimum atomic E-state index is -0.0350. The van der Waals surface area contributed by atoms with Crippen LogP contribution in [0.15, 0.2) is 6.20 Å². The van der Waals surface area contributed by atoms with E-state index in [1.807, 2.05) is 13.8 Å². The number of hydrogen-bond acceptors (Lipinski definition) is 4. The first-order valence-electron chi connectivity index (χ1n) is 6.18.